The molecule has 1 aliphatic heterocycles. The summed E-state index contributed by atoms with van der Waals surface area (Å²) in [5.41, 5.74) is 5.02. The number of allylic oxidation sites excluding steroid dienone is 1. The lowest BCUT2D eigenvalue weighted by molar-refractivity contribution is -0.126. The summed E-state index contributed by atoms with van der Waals surface area (Å²) < 4.78 is 5.35. The maximum absolute atomic E-state index is 12.4. The average Bonchev–Trinajstić information content (AvgIpc) is 3.21. The minimum absolute atomic E-state index is 0.0405. The summed E-state index contributed by atoms with van der Waals surface area (Å²) in [5.74, 6) is 0.777. The van der Waals surface area contributed by atoms with E-state index in [4.69, 9.17) is 4.42 Å². The summed E-state index contributed by atoms with van der Waals surface area (Å²) in [4.78, 5) is 14.0. The number of hydrogen-bond acceptors (Lipinski definition) is 5. The van der Waals surface area contributed by atoms with Gasteiger partial charge in [-0.3, -0.25) is 15.1 Å². The lowest BCUT2D eigenvalue weighted by Crippen LogP contribution is -2.31. The van der Waals surface area contributed by atoms with E-state index in [9.17, 15) is 4.79 Å². The van der Waals surface area contributed by atoms with Crippen molar-refractivity contribution in [3.63, 3.8) is 0 Å². The van der Waals surface area contributed by atoms with Crippen LogP contribution in [0.4, 0.5) is 0 Å². The molecule has 0 spiro atoms. The third kappa shape index (κ3) is 3.54. The van der Waals surface area contributed by atoms with Gasteiger partial charge in [0.15, 0.2) is 5.17 Å². The van der Waals surface area contributed by atoms with Gasteiger partial charge >= 0.3 is 0 Å². The Kier molecular flexibility index (Phi) is 5.05. The zero-order valence-corrected chi connectivity index (χ0v) is 14.4. The average molecular weight is 341 g/mol. The topological polar surface area (TPSA) is 57.8 Å². The number of thioether (sulfide) groups is 1. The highest BCUT2D eigenvalue weighted by Gasteiger charge is 2.35. The van der Waals surface area contributed by atoms with Crippen molar-refractivity contribution < 1.29 is 9.21 Å². The quantitative estimate of drug-likeness (QED) is 0.843. The first kappa shape index (κ1) is 16.4. The molecule has 5 nitrogen and oxygen atoms in total. The first-order valence-corrected chi connectivity index (χ1v) is 8.63. The molecule has 1 N–H and O–H groups in total. The van der Waals surface area contributed by atoms with E-state index in [1.165, 1.54) is 11.8 Å². The predicted octanol–water partition coefficient (Wildman–Crippen LogP) is 3.67. The minimum atomic E-state index is -0.147. The second-order valence-electron chi connectivity index (χ2n) is 5.34. The molecule has 1 atom stereocenters. The summed E-state index contributed by atoms with van der Waals surface area (Å²) in [6, 6.07) is 13.6. The number of amides is 1. The molecular weight excluding hydrogens is 322 g/mol. The fourth-order valence-electron chi connectivity index (χ4n) is 2.40. The molecule has 2 heterocycles. The van der Waals surface area contributed by atoms with Crippen LogP contribution >= 0.6 is 11.8 Å². The lowest BCUT2D eigenvalue weighted by atomic mass is 10.1. The number of amidine groups is 1. The third-order valence-electron chi connectivity index (χ3n) is 3.67. The summed E-state index contributed by atoms with van der Waals surface area (Å²) in [6.45, 7) is 4.23. The van der Waals surface area contributed by atoms with Crippen molar-refractivity contribution in [3.05, 3.63) is 66.1 Å². The Labute approximate surface area is 145 Å². The Hall–Kier alpha value is -2.47. The van der Waals surface area contributed by atoms with Crippen LogP contribution in [0, 0.1) is 0 Å². The van der Waals surface area contributed by atoms with Crippen LogP contribution in [0.25, 0.3) is 5.70 Å². The molecule has 0 radical (unpaired) electrons. The van der Waals surface area contributed by atoms with Gasteiger partial charge in [-0.1, -0.05) is 48.2 Å². The van der Waals surface area contributed by atoms with Gasteiger partial charge in [0.25, 0.3) is 0 Å². The van der Waals surface area contributed by atoms with E-state index in [0.717, 1.165) is 17.0 Å². The van der Waals surface area contributed by atoms with E-state index in [0.29, 0.717) is 11.7 Å². The van der Waals surface area contributed by atoms with Gasteiger partial charge in [-0.2, -0.15) is 0 Å². The molecule has 0 bridgehead atoms. The highest BCUT2D eigenvalue weighted by atomic mass is 32.2. The molecule has 2 aromatic rings. The van der Waals surface area contributed by atoms with E-state index >= 15 is 0 Å². The van der Waals surface area contributed by atoms with Gasteiger partial charge in [0.1, 0.15) is 5.76 Å². The zero-order chi connectivity index (χ0) is 16.9. The van der Waals surface area contributed by atoms with Crippen LogP contribution in [-0.2, 0) is 11.3 Å². The third-order valence-corrected chi connectivity index (χ3v) is 4.74. The van der Waals surface area contributed by atoms with E-state index in [1.54, 1.807) is 11.2 Å². The largest absolute Gasteiger partial charge is 0.467 e. The number of benzene rings is 1. The molecule has 3 rings (SSSR count). The van der Waals surface area contributed by atoms with Crippen LogP contribution < -0.4 is 5.43 Å². The molecule has 6 heteroatoms. The predicted molar refractivity (Wildman–Crippen MR) is 97.0 cm³/mol. The second kappa shape index (κ2) is 7.40. The number of rotatable bonds is 5. The van der Waals surface area contributed by atoms with Crippen LogP contribution in [-0.4, -0.2) is 21.2 Å². The standard InChI is InChI=1S/C18H19N3O2S/c1-3-16(14-8-5-4-6-9-14)19-20-18-21(17(22)13(2)24-18)12-15-10-7-11-23-15/h3-11,13,19H,12H2,1-2H3. The second-order valence-corrected chi connectivity index (χ2v) is 6.65. The fraction of sp³-hybridized carbons (Fsp3) is 0.222. The Morgan fingerprint density at radius 2 is 2.12 bits per heavy atom. The summed E-state index contributed by atoms with van der Waals surface area (Å²) in [7, 11) is 0. The van der Waals surface area contributed by atoms with Gasteiger partial charge in [-0.15, -0.1) is 5.10 Å². The van der Waals surface area contributed by atoms with Gasteiger partial charge < -0.3 is 4.42 Å². The zero-order valence-electron chi connectivity index (χ0n) is 13.6. The number of carbonyl (C=O) groups excluding carboxylic acids is 1. The molecule has 124 valence electrons. The van der Waals surface area contributed by atoms with Crippen molar-refractivity contribution >= 4 is 28.5 Å². The molecule has 1 fully saturated rings. The highest BCUT2D eigenvalue weighted by Crippen LogP contribution is 2.28. The van der Waals surface area contributed by atoms with Crippen LogP contribution in [0.15, 0.2) is 64.3 Å². The number of hydrogen-bond donors (Lipinski definition) is 1. The molecule has 0 aliphatic carbocycles. The maximum atomic E-state index is 12.4. The number of carbonyl (C=O) groups is 1. The summed E-state index contributed by atoms with van der Waals surface area (Å²) >= 11 is 1.45. The number of furan rings is 1. The number of nitrogens with zero attached hydrogens (tertiary/aromatic N) is 2. The van der Waals surface area contributed by atoms with Crippen molar-refractivity contribution in [2.45, 2.75) is 25.6 Å². The molecule has 0 saturated carbocycles. The fourth-order valence-corrected chi connectivity index (χ4v) is 3.32. The number of nitrogens with one attached hydrogen (secondary N) is 1. The molecule has 1 saturated heterocycles. The first-order valence-electron chi connectivity index (χ1n) is 7.75. The Bertz CT molecular complexity index is 754. The van der Waals surface area contributed by atoms with Crippen molar-refractivity contribution in [3.8, 4) is 0 Å². The number of hydrazone groups is 1. The van der Waals surface area contributed by atoms with Crippen molar-refractivity contribution in [2.75, 3.05) is 0 Å². The normalized spacial score (nSPS) is 20.0. The molecule has 1 unspecified atom stereocenters. The summed E-state index contributed by atoms with van der Waals surface area (Å²) in [6.07, 6.45) is 3.57. The van der Waals surface area contributed by atoms with E-state index < -0.39 is 0 Å². The van der Waals surface area contributed by atoms with Crippen molar-refractivity contribution in [2.24, 2.45) is 5.10 Å². The molecule has 1 aromatic heterocycles. The molecule has 1 amide bonds. The van der Waals surface area contributed by atoms with Gasteiger partial charge in [-0.05, 0) is 31.5 Å². The monoisotopic (exact) mass is 341 g/mol. The smallest absolute Gasteiger partial charge is 0.242 e. The SMILES string of the molecule is CC=C(NN=C1SC(C)C(=O)N1Cc1ccco1)c1ccccc1. The lowest BCUT2D eigenvalue weighted by Gasteiger charge is -2.15. The van der Waals surface area contributed by atoms with Gasteiger partial charge in [0, 0.05) is 0 Å². The summed E-state index contributed by atoms with van der Waals surface area (Å²) in [5, 5.41) is 4.96. The Morgan fingerprint density at radius 1 is 1.33 bits per heavy atom. The van der Waals surface area contributed by atoms with E-state index in [1.807, 2.05) is 62.4 Å². The van der Waals surface area contributed by atoms with Crippen LogP contribution in [0.3, 0.4) is 0 Å². The van der Waals surface area contributed by atoms with Crippen molar-refractivity contribution in [1.82, 2.24) is 10.3 Å². The molecule has 1 aromatic carbocycles. The molecule has 1 aliphatic rings. The van der Waals surface area contributed by atoms with Crippen LogP contribution in [0.5, 0.6) is 0 Å². The Morgan fingerprint density at radius 3 is 2.79 bits per heavy atom. The van der Waals surface area contributed by atoms with Gasteiger partial charge in [0.05, 0.1) is 23.8 Å². The minimum Gasteiger partial charge on any atom is -0.467 e. The molecular formula is C18H19N3O2S. The van der Waals surface area contributed by atoms with Crippen molar-refractivity contribution in [1.29, 1.82) is 0 Å². The highest BCUT2D eigenvalue weighted by molar-refractivity contribution is 8.15. The van der Waals surface area contributed by atoms with Gasteiger partial charge in [0.2, 0.25) is 5.91 Å². The Balaban J connectivity index is 1.78. The molecule has 24 heavy (non-hydrogen) atoms. The maximum Gasteiger partial charge on any atom is 0.242 e. The van der Waals surface area contributed by atoms with Crippen LogP contribution in [0.1, 0.15) is 25.2 Å². The van der Waals surface area contributed by atoms with E-state index in [-0.39, 0.29) is 11.2 Å². The van der Waals surface area contributed by atoms with Gasteiger partial charge in [-0.25, -0.2) is 0 Å². The first-order chi connectivity index (χ1) is 11.7. The van der Waals surface area contributed by atoms with E-state index in [2.05, 4.69) is 10.5 Å². The van der Waals surface area contributed by atoms with Crippen LogP contribution in [0.2, 0.25) is 0 Å².